The molecule has 1 aromatic rings. The quantitative estimate of drug-likeness (QED) is 0.213. The molecule has 39 heavy (non-hydrogen) atoms. The Balaban J connectivity index is 1.70. The van der Waals surface area contributed by atoms with Gasteiger partial charge in [0.25, 0.3) is 6.43 Å². The molecule has 4 rings (SSSR count). The van der Waals surface area contributed by atoms with E-state index < -0.39 is 18.9 Å². The van der Waals surface area contributed by atoms with E-state index in [1.807, 2.05) is 0 Å². The van der Waals surface area contributed by atoms with Crippen LogP contribution in [0.25, 0.3) is 5.57 Å². The van der Waals surface area contributed by atoms with Crippen LogP contribution in [0, 0.1) is 5.41 Å². The van der Waals surface area contributed by atoms with Crippen molar-refractivity contribution >= 4 is 35.7 Å². The highest BCUT2D eigenvalue weighted by molar-refractivity contribution is 6.12. The van der Waals surface area contributed by atoms with Gasteiger partial charge in [-0.1, -0.05) is 0 Å². The number of aryl methyl sites for hydroxylation is 1. The predicted octanol–water partition coefficient (Wildman–Crippen LogP) is 2.69. The maximum absolute atomic E-state index is 14.3. The molecular formula is C27H34F2N6O4. The Morgan fingerprint density at radius 3 is 2.72 bits per heavy atom. The zero-order valence-electron chi connectivity index (χ0n) is 21.7. The van der Waals surface area contributed by atoms with Crippen molar-refractivity contribution < 1.29 is 28.2 Å². The minimum Gasteiger partial charge on any atom is -0.480 e. The van der Waals surface area contributed by atoms with Crippen molar-refractivity contribution in [1.82, 2.24) is 10.2 Å². The van der Waals surface area contributed by atoms with E-state index in [9.17, 15) is 18.4 Å². The van der Waals surface area contributed by atoms with Crippen molar-refractivity contribution in [3.8, 4) is 0 Å². The Kier molecular flexibility index (Phi) is 9.28. The molecule has 210 valence electrons. The first kappa shape index (κ1) is 28.2. The molecule has 1 aromatic carbocycles. The normalized spacial score (nSPS) is 19.0. The second-order valence-corrected chi connectivity index (χ2v) is 9.77. The number of fused-ring (bicyclic) bond motifs is 1. The Morgan fingerprint density at radius 2 is 2.05 bits per heavy atom. The van der Waals surface area contributed by atoms with E-state index in [2.05, 4.69) is 10.3 Å². The lowest BCUT2D eigenvalue weighted by molar-refractivity contribution is -0.135. The zero-order chi connectivity index (χ0) is 27.9. The number of nitrogens with two attached hydrogens (primary N) is 1. The summed E-state index contributed by atoms with van der Waals surface area (Å²) in [6.07, 6.45) is 3.86. The standard InChI is InChI=1S/C27H34F2N6O4/c28-26(29)21-11-24-17(10-20(21)18(12-30)13-32-14-25(37)38)2-1-6-35(24)27(31)22-15-34(16-36)7-3-23(22)33-19-4-8-39-9-5-19/h10-13,16,19,26,31,33H,1-9,14-15,30H2,(H,37,38). The van der Waals surface area contributed by atoms with Crippen LogP contribution in [0.1, 0.15) is 48.8 Å². The van der Waals surface area contributed by atoms with E-state index in [0.717, 1.165) is 36.7 Å². The molecule has 0 bridgehead atoms. The van der Waals surface area contributed by atoms with Crippen LogP contribution in [0.5, 0.6) is 0 Å². The maximum Gasteiger partial charge on any atom is 0.325 e. The number of alkyl halides is 2. The minimum absolute atomic E-state index is 0.180. The molecule has 0 radical (unpaired) electrons. The van der Waals surface area contributed by atoms with Gasteiger partial charge in [0, 0.05) is 79.3 Å². The molecule has 0 aromatic heterocycles. The van der Waals surface area contributed by atoms with Gasteiger partial charge < -0.3 is 30.7 Å². The first-order valence-corrected chi connectivity index (χ1v) is 13.0. The van der Waals surface area contributed by atoms with Gasteiger partial charge in [0.05, 0.1) is 6.54 Å². The summed E-state index contributed by atoms with van der Waals surface area (Å²) >= 11 is 0. The summed E-state index contributed by atoms with van der Waals surface area (Å²) in [5.74, 6) is -0.963. The summed E-state index contributed by atoms with van der Waals surface area (Å²) in [5.41, 5.74) is 8.69. The highest BCUT2D eigenvalue weighted by Gasteiger charge is 2.30. The Morgan fingerprint density at radius 1 is 1.28 bits per heavy atom. The highest BCUT2D eigenvalue weighted by atomic mass is 19.3. The summed E-state index contributed by atoms with van der Waals surface area (Å²) < 4.78 is 34.0. The number of carboxylic acids is 1. The van der Waals surface area contributed by atoms with Crippen LogP contribution in [0.15, 0.2) is 34.6 Å². The monoisotopic (exact) mass is 544 g/mol. The van der Waals surface area contributed by atoms with E-state index in [1.54, 1.807) is 15.9 Å². The van der Waals surface area contributed by atoms with Crippen molar-refractivity contribution in [3.05, 3.63) is 46.3 Å². The van der Waals surface area contributed by atoms with Crippen LogP contribution < -0.4 is 16.0 Å². The number of allylic oxidation sites excluding steroid dienone is 1. The van der Waals surface area contributed by atoms with E-state index in [-0.39, 0.29) is 35.1 Å². The lowest BCUT2D eigenvalue weighted by Crippen LogP contribution is -2.45. The third-order valence-electron chi connectivity index (χ3n) is 7.23. The van der Waals surface area contributed by atoms with Crippen molar-refractivity contribution in [1.29, 1.82) is 5.41 Å². The van der Waals surface area contributed by atoms with Gasteiger partial charge in [-0.25, -0.2) is 8.78 Å². The molecular weight excluding hydrogens is 510 g/mol. The first-order valence-electron chi connectivity index (χ1n) is 13.0. The molecule has 12 heteroatoms. The van der Waals surface area contributed by atoms with Crippen LogP contribution in [0.2, 0.25) is 0 Å². The topological polar surface area (TPSA) is 144 Å². The summed E-state index contributed by atoms with van der Waals surface area (Å²) in [6.45, 7) is 2.10. The number of amidine groups is 1. The molecule has 0 atom stereocenters. The number of rotatable bonds is 9. The summed E-state index contributed by atoms with van der Waals surface area (Å²) in [7, 11) is 0. The molecule has 5 N–H and O–H groups in total. The summed E-state index contributed by atoms with van der Waals surface area (Å²) in [6, 6.07) is 3.24. The molecule has 10 nitrogen and oxygen atoms in total. The predicted molar refractivity (Wildman–Crippen MR) is 144 cm³/mol. The van der Waals surface area contributed by atoms with Gasteiger partial charge in [0.15, 0.2) is 0 Å². The molecule has 0 saturated carbocycles. The maximum atomic E-state index is 14.3. The minimum atomic E-state index is -2.84. The summed E-state index contributed by atoms with van der Waals surface area (Å²) in [4.78, 5) is 29.6. The SMILES string of the molecule is N=C(C1=C(NC2CCOCC2)CCN(C=O)C1)N1CCCc2cc(C(C=NCC(=O)O)=CN)c(C(F)F)cc21. The number of halogens is 2. The number of hydrogen-bond donors (Lipinski definition) is 4. The fourth-order valence-electron chi connectivity index (χ4n) is 5.24. The number of ether oxygens (including phenoxy) is 1. The summed E-state index contributed by atoms with van der Waals surface area (Å²) in [5, 5.41) is 21.6. The van der Waals surface area contributed by atoms with Crippen molar-refractivity contribution in [3.63, 3.8) is 0 Å². The van der Waals surface area contributed by atoms with Crippen molar-refractivity contribution in [2.45, 2.75) is 44.6 Å². The van der Waals surface area contributed by atoms with E-state index >= 15 is 0 Å². The van der Waals surface area contributed by atoms with Crippen LogP contribution in [-0.4, -0.2) is 79.9 Å². The fraction of sp³-hybridized carbons (Fsp3) is 0.481. The molecule has 0 aliphatic carbocycles. The Labute approximate surface area is 225 Å². The number of benzene rings is 1. The Bertz CT molecular complexity index is 1190. The number of aliphatic carboxylic acids is 1. The average Bonchev–Trinajstić information content (AvgIpc) is 2.94. The number of amides is 1. The zero-order valence-corrected chi connectivity index (χ0v) is 21.7. The van der Waals surface area contributed by atoms with Gasteiger partial charge in [0.1, 0.15) is 12.4 Å². The van der Waals surface area contributed by atoms with Gasteiger partial charge in [-0.15, -0.1) is 0 Å². The number of nitrogens with zero attached hydrogens (tertiary/aromatic N) is 3. The molecule has 3 aliphatic heterocycles. The second-order valence-electron chi connectivity index (χ2n) is 9.77. The third kappa shape index (κ3) is 6.62. The first-order chi connectivity index (χ1) is 18.8. The van der Waals surface area contributed by atoms with E-state index in [0.29, 0.717) is 56.8 Å². The molecule has 3 heterocycles. The fourth-order valence-corrected chi connectivity index (χ4v) is 5.24. The number of nitrogens with one attached hydrogen (secondary N) is 2. The highest BCUT2D eigenvalue weighted by Crippen LogP contribution is 2.38. The molecule has 1 amide bonds. The average molecular weight is 545 g/mol. The lowest BCUT2D eigenvalue weighted by atomic mass is 9.91. The number of hydrogen-bond acceptors (Lipinski definition) is 7. The van der Waals surface area contributed by atoms with Crippen LogP contribution in [0.3, 0.4) is 0 Å². The molecule has 3 aliphatic rings. The molecule has 1 fully saturated rings. The largest absolute Gasteiger partial charge is 0.480 e. The van der Waals surface area contributed by atoms with Crippen LogP contribution >= 0.6 is 0 Å². The third-order valence-corrected chi connectivity index (χ3v) is 7.23. The van der Waals surface area contributed by atoms with Gasteiger partial charge in [-0.05, 0) is 48.9 Å². The second kappa shape index (κ2) is 12.8. The molecule has 1 saturated heterocycles. The number of carbonyl (C=O) groups is 2. The molecule has 0 unspecified atom stereocenters. The van der Waals surface area contributed by atoms with Gasteiger partial charge >= 0.3 is 5.97 Å². The number of aliphatic imine (C=N–C) groups is 1. The van der Waals surface area contributed by atoms with Gasteiger partial charge in [-0.3, -0.25) is 20.0 Å². The van der Waals surface area contributed by atoms with Crippen LogP contribution in [-0.2, 0) is 20.7 Å². The lowest BCUT2D eigenvalue weighted by Gasteiger charge is -2.37. The van der Waals surface area contributed by atoms with Crippen molar-refractivity contribution in [2.24, 2.45) is 10.7 Å². The number of carboxylic acid groups (broad SMARTS) is 1. The number of carbonyl (C=O) groups excluding carboxylic acids is 1. The Hall–Kier alpha value is -3.80. The smallest absolute Gasteiger partial charge is 0.325 e. The van der Waals surface area contributed by atoms with Crippen LogP contribution in [0.4, 0.5) is 14.5 Å². The van der Waals surface area contributed by atoms with E-state index in [1.165, 1.54) is 12.3 Å². The number of anilines is 1. The van der Waals surface area contributed by atoms with Gasteiger partial charge in [0.2, 0.25) is 6.41 Å². The van der Waals surface area contributed by atoms with Crippen molar-refractivity contribution in [2.75, 3.05) is 44.3 Å². The van der Waals surface area contributed by atoms with E-state index in [4.69, 9.17) is 21.0 Å². The van der Waals surface area contributed by atoms with Gasteiger partial charge in [-0.2, -0.15) is 0 Å². The molecule has 0 spiro atoms.